The maximum atomic E-state index is 11.9. The lowest BCUT2D eigenvalue weighted by molar-refractivity contribution is -0.123. The van der Waals surface area contributed by atoms with Gasteiger partial charge in [0.2, 0.25) is 5.91 Å². The summed E-state index contributed by atoms with van der Waals surface area (Å²) in [4.78, 5) is 23.7. The number of benzene rings is 1. The summed E-state index contributed by atoms with van der Waals surface area (Å²) in [6.07, 6.45) is 1.22. The van der Waals surface area contributed by atoms with Crippen LogP contribution < -0.4 is 21.1 Å². The van der Waals surface area contributed by atoms with Gasteiger partial charge in [-0.05, 0) is 44.4 Å². The summed E-state index contributed by atoms with van der Waals surface area (Å²) < 4.78 is 5.73. The molecule has 0 radical (unpaired) electrons. The second-order valence-electron chi connectivity index (χ2n) is 6.06. The fourth-order valence-electron chi connectivity index (χ4n) is 2.45. The van der Waals surface area contributed by atoms with Crippen molar-refractivity contribution in [2.24, 2.45) is 5.73 Å². The minimum Gasteiger partial charge on any atom is -0.478 e. The number of anilines is 1. The maximum Gasteiger partial charge on any atom is 0.265 e. The lowest BCUT2D eigenvalue weighted by Crippen LogP contribution is -2.36. The minimum atomic E-state index is -0.464. The van der Waals surface area contributed by atoms with Gasteiger partial charge in [0, 0.05) is 12.5 Å². The molecule has 0 aliphatic carbocycles. The third-order valence-electron chi connectivity index (χ3n) is 3.90. The van der Waals surface area contributed by atoms with Crippen molar-refractivity contribution in [3.8, 4) is 5.75 Å². The second kappa shape index (κ2) is 7.46. The molecular weight excluding hydrogens is 294 g/mol. The van der Waals surface area contributed by atoms with E-state index in [0.717, 1.165) is 5.56 Å². The van der Waals surface area contributed by atoms with Crippen molar-refractivity contribution in [1.82, 2.24) is 5.32 Å². The zero-order valence-electron chi connectivity index (χ0n) is 13.9. The first-order valence-corrected chi connectivity index (χ1v) is 8.07. The fraction of sp³-hybridized carbons (Fsp3) is 0.529. The molecule has 0 saturated heterocycles. The van der Waals surface area contributed by atoms with Crippen LogP contribution in [-0.2, 0) is 9.59 Å². The predicted molar refractivity (Wildman–Crippen MR) is 89.2 cm³/mol. The number of carbonyl (C=O) groups is 2. The van der Waals surface area contributed by atoms with Crippen LogP contribution in [0.3, 0.4) is 0 Å². The van der Waals surface area contributed by atoms with Crippen LogP contribution in [0.25, 0.3) is 0 Å². The first kappa shape index (κ1) is 17.3. The van der Waals surface area contributed by atoms with Crippen LogP contribution in [-0.4, -0.2) is 24.0 Å². The molecule has 0 spiro atoms. The molecule has 0 bridgehead atoms. The molecule has 0 saturated carbocycles. The van der Waals surface area contributed by atoms with Gasteiger partial charge in [-0.1, -0.05) is 13.0 Å². The highest BCUT2D eigenvalue weighted by Crippen LogP contribution is 2.32. The van der Waals surface area contributed by atoms with E-state index in [1.165, 1.54) is 0 Å². The fourth-order valence-corrected chi connectivity index (χ4v) is 2.45. The van der Waals surface area contributed by atoms with Gasteiger partial charge in [0.25, 0.3) is 5.91 Å². The van der Waals surface area contributed by atoms with E-state index in [4.69, 9.17) is 10.5 Å². The van der Waals surface area contributed by atoms with Gasteiger partial charge in [-0.3, -0.25) is 9.59 Å². The molecule has 2 rings (SSSR count). The number of nitrogens with one attached hydrogen (secondary N) is 2. The van der Waals surface area contributed by atoms with Crippen molar-refractivity contribution in [3.63, 3.8) is 0 Å². The summed E-state index contributed by atoms with van der Waals surface area (Å²) in [6, 6.07) is 5.43. The van der Waals surface area contributed by atoms with Crippen LogP contribution in [0.4, 0.5) is 5.69 Å². The Morgan fingerprint density at radius 2 is 2.17 bits per heavy atom. The summed E-state index contributed by atoms with van der Waals surface area (Å²) in [5.74, 6) is 0.504. The standard InChI is InChI=1S/C17H25N3O3/c1-4-14-17(22)20-13-7-6-12(9-15(13)23-14)11(3)19-16(21)8-5-10(2)18/h6-7,9-11,14H,4-5,8,18H2,1-3H3,(H,19,21)(H,20,22). The van der Waals surface area contributed by atoms with Gasteiger partial charge in [0.1, 0.15) is 5.75 Å². The Balaban J connectivity index is 2.04. The average molecular weight is 319 g/mol. The largest absolute Gasteiger partial charge is 0.478 e. The first-order chi connectivity index (χ1) is 10.9. The van der Waals surface area contributed by atoms with E-state index in [2.05, 4.69) is 10.6 Å². The highest BCUT2D eigenvalue weighted by molar-refractivity contribution is 5.97. The molecule has 2 amide bonds. The number of hydrogen-bond acceptors (Lipinski definition) is 4. The zero-order valence-corrected chi connectivity index (χ0v) is 13.9. The maximum absolute atomic E-state index is 11.9. The van der Waals surface area contributed by atoms with Gasteiger partial charge in [0.15, 0.2) is 6.10 Å². The average Bonchev–Trinajstić information content (AvgIpc) is 2.51. The van der Waals surface area contributed by atoms with Crippen molar-refractivity contribution in [2.45, 2.75) is 58.2 Å². The van der Waals surface area contributed by atoms with E-state index < -0.39 is 6.10 Å². The van der Waals surface area contributed by atoms with Gasteiger partial charge in [-0.15, -0.1) is 0 Å². The number of amides is 2. The lowest BCUT2D eigenvalue weighted by atomic mass is 10.1. The smallest absolute Gasteiger partial charge is 0.265 e. The van der Waals surface area contributed by atoms with Crippen LogP contribution in [0.1, 0.15) is 51.6 Å². The highest BCUT2D eigenvalue weighted by Gasteiger charge is 2.26. The molecule has 126 valence electrons. The molecular formula is C17H25N3O3. The molecule has 1 aliphatic rings. The van der Waals surface area contributed by atoms with E-state index >= 15 is 0 Å². The van der Waals surface area contributed by atoms with Crippen molar-refractivity contribution < 1.29 is 14.3 Å². The Hall–Kier alpha value is -2.08. The summed E-state index contributed by atoms with van der Waals surface area (Å²) in [5, 5.41) is 5.79. The number of hydrogen-bond donors (Lipinski definition) is 3. The third kappa shape index (κ3) is 4.45. The summed E-state index contributed by atoms with van der Waals surface area (Å²) in [7, 11) is 0. The second-order valence-corrected chi connectivity index (χ2v) is 6.06. The Bertz CT molecular complexity index is 586. The molecule has 6 nitrogen and oxygen atoms in total. The first-order valence-electron chi connectivity index (χ1n) is 8.07. The van der Waals surface area contributed by atoms with Crippen molar-refractivity contribution in [2.75, 3.05) is 5.32 Å². The van der Waals surface area contributed by atoms with E-state index in [1.54, 1.807) is 6.07 Å². The van der Waals surface area contributed by atoms with Crippen molar-refractivity contribution >= 4 is 17.5 Å². The molecule has 0 aromatic heterocycles. The van der Waals surface area contributed by atoms with Gasteiger partial charge in [-0.25, -0.2) is 0 Å². The van der Waals surface area contributed by atoms with E-state index in [-0.39, 0.29) is 23.9 Å². The lowest BCUT2D eigenvalue weighted by Gasteiger charge is -2.26. The van der Waals surface area contributed by atoms with Gasteiger partial charge >= 0.3 is 0 Å². The number of carbonyl (C=O) groups excluding carboxylic acids is 2. The number of fused-ring (bicyclic) bond motifs is 1. The molecule has 1 heterocycles. The SMILES string of the molecule is CCC1Oc2cc(C(C)NC(=O)CCC(C)N)ccc2NC1=O. The third-order valence-corrected chi connectivity index (χ3v) is 3.90. The Morgan fingerprint density at radius 1 is 1.43 bits per heavy atom. The Labute approximate surface area is 136 Å². The molecule has 1 aromatic carbocycles. The van der Waals surface area contributed by atoms with Gasteiger partial charge in [0.05, 0.1) is 11.7 Å². The molecule has 3 unspecified atom stereocenters. The molecule has 4 N–H and O–H groups in total. The van der Waals surface area contributed by atoms with Crippen molar-refractivity contribution in [3.05, 3.63) is 23.8 Å². The molecule has 23 heavy (non-hydrogen) atoms. The molecule has 0 fully saturated rings. The molecule has 3 atom stereocenters. The minimum absolute atomic E-state index is 0.0165. The van der Waals surface area contributed by atoms with Crippen LogP contribution in [0.2, 0.25) is 0 Å². The van der Waals surface area contributed by atoms with Crippen LogP contribution in [0.5, 0.6) is 5.75 Å². The van der Waals surface area contributed by atoms with E-state index in [9.17, 15) is 9.59 Å². The summed E-state index contributed by atoms with van der Waals surface area (Å²) in [6.45, 7) is 5.71. The Morgan fingerprint density at radius 3 is 2.83 bits per heavy atom. The van der Waals surface area contributed by atoms with Crippen LogP contribution >= 0.6 is 0 Å². The normalized spacial score (nSPS) is 19.1. The van der Waals surface area contributed by atoms with Crippen molar-refractivity contribution in [1.29, 1.82) is 0 Å². The highest BCUT2D eigenvalue weighted by atomic mass is 16.5. The van der Waals surface area contributed by atoms with Gasteiger partial charge in [-0.2, -0.15) is 0 Å². The quantitative estimate of drug-likeness (QED) is 0.748. The zero-order chi connectivity index (χ0) is 17.0. The molecule has 1 aliphatic heterocycles. The van der Waals surface area contributed by atoms with Gasteiger partial charge < -0.3 is 21.1 Å². The number of ether oxygens (including phenoxy) is 1. The predicted octanol–water partition coefficient (Wildman–Crippen LogP) is 2.10. The Kier molecular flexibility index (Phi) is 5.60. The summed E-state index contributed by atoms with van der Waals surface area (Å²) in [5.41, 5.74) is 7.27. The molecule has 6 heteroatoms. The van der Waals surface area contributed by atoms with E-state index in [0.29, 0.717) is 30.7 Å². The molecule has 1 aromatic rings. The monoisotopic (exact) mass is 319 g/mol. The van der Waals surface area contributed by atoms with E-state index in [1.807, 2.05) is 32.9 Å². The number of rotatable bonds is 6. The number of nitrogens with two attached hydrogens (primary N) is 1. The summed E-state index contributed by atoms with van der Waals surface area (Å²) >= 11 is 0. The van der Waals surface area contributed by atoms with Crippen LogP contribution in [0.15, 0.2) is 18.2 Å². The van der Waals surface area contributed by atoms with Crippen LogP contribution in [0, 0.1) is 0 Å². The topological polar surface area (TPSA) is 93.4 Å².